The Labute approximate surface area is 145 Å². The predicted octanol–water partition coefficient (Wildman–Crippen LogP) is 3.25. The van der Waals surface area contributed by atoms with Gasteiger partial charge in [0.05, 0.1) is 5.69 Å². The third-order valence-corrected chi connectivity index (χ3v) is 3.87. The summed E-state index contributed by atoms with van der Waals surface area (Å²) in [6.45, 7) is 3.60. The van der Waals surface area contributed by atoms with Gasteiger partial charge in [-0.3, -0.25) is 14.4 Å². The van der Waals surface area contributed by atoms with Crippen LogP contribution in [0.4, 0.5) is 10.5 Å². The zero-order valence-electron chi connectivity index (χ0n) is 14.0. The number of para-hydroxylation sites is 1. The molecule has 0 aromatic heterocycles. The minimum atomic E-state index is -0.925. The molecule has 1 unspecified atom stereocenters. The molecule has 1 aliphatic rings. The molecule has 1 atom stereocenters. The number of benzene rings is 2. The second-order valence-corrected chi connectivity index (χ2v) is 6.03. The van der Waals surface area contributed by atoms with Gasteiger partial charge in [0.1, 0.15) is 0 Å². The van der Waals surface area contributed by atoms with Crippen molar-refractivity contribution >= 4 is 23.5 Å². The van der Waals surface area contributed by atoms with E-state index < -0.39 is 23.9 Å². The molecule has 2 aromatic carbocycles. The van der Waals surface area contributed by atoms with E-state index in [1.807, 2.05) is 0 Å². The highest BCUT2D eigenvalue weighted by Gasteiger charge is 2.46. The molecule has 6 nitrogen and oxygen atoms in total. The Morgan fingerprint density at radius 1 is 0.960 bits per heavy atom. The molecule has 0 radical (unpaired) electrons. The van der Waals surface area contributed by atoms with Gasteiger partial charge in [-0.15, -0.1) is 0 Å². The molecule has 1 aliphatic heterocycles. The fourth-order valence-corrected chi connectivity index (χ4v) is 2.55. The first-order chi connectivity index (χ1) is 12.0. The topological polar surface area (TPSA) is 66.9 Å². The number of nitrogens with zero attached hydrogens (tertiary/aromatic N) is 2. The Kier molecular flexibility index (Phi) is 4.63. The number of anilines is 1. The van der Waals surface area contributed by atoms with Crippen LogP contribution in [0.5, 0.6) is 0 Å². The summed E-state index contributed by atoms with van der Waals surface area (Å²) in [6, 6.07) is 16.1. The fourth-order valence-electron chi connectivity index (χ4n) is 2.55. The lowest BCUT2D eigenvalue weighted by Gasteiger charge is -2.37. The molecule has 0 spiro atoms. The van der Waals surface area contributed by atoms with E-state index in [9.17, 15) is 14.4 Å². The first-order valence-corrected chi connectivity index (χ1v) is 8.00. The molecular formula is C19H18N2O4. The third kappa shape index (κ3) is 3.16. The van der Waals surface area contributed by atoms with Gasteiger partial charge < -0.3 is 0 Å². The number of carbonyl (C=O) groups excluding carboxylic acids is 3. The number of hydrogen-bond donors (Lipinski definition) is 0. The SMILES string of the molecule is CC(C)C1ON(c2ccccc2)C(=O)N(C(=O)c2ccccc2)C1=O. The number of urea groups is 1. The molecule has 0 aliphatic carbocycles. The maximum absolute atomic E-state index is 12.8. The summed E-state index contributed by atoms with van der Waals surface area (Å²) in [4.78, 5) is 44.6. The van der Waals surface area contributed by atoms with Crippen molar-refractivity contribution < 1.29 is 19.2 Å². The van der Waals surface area contributed by atoms with Crippen LogP contribution < -0.4 is 5.06 Å². The second-order valence-electron chi connectivity index (χ2n) is 6.03. The second kappa shape index (κ2) is 6.86. The molecule has 2 aromatic rings. The van der Waals surface area contributed by atoms with E-state index in [2.05, 4.69) is 0 Å². The Morgan fingerprint density at radius 2 is 1.52 bits per heavy atom. The Balaban J connectivity index is 2.01. The molecule has 1 fully saturated rings. The molecule has 4 amide bonds. The van der Waals surface area contributed by atoms with Crippen molar-refractivity contribution in [1.29, 1.82) is 0 Å². The van der Waals surface area contributed by atoms with Crippen molar-refractivity contribution in [3.05, 3.63) is 66.2 Å². The number of carbonyl (C=O) groups is 3. The van der Waals surface area contributed by atoms with Crippen LogP contribution in [0.1, 0.15) is 24.2 Å². The molecule has 1 saturated heterocycles. The minimum Gasteiger partial charge on any atom is -0.271 e. The van der Waals surface area contributed by atoms with Crippen LogP contribution in [0.25, 0.3) is 0 Å². The van der Waals surface area contributed by atoms with Crippen molar-refractivity contribution in [2.24, 2.45) is 5.92 Å². The number of hydrogen-bond acceptors (Lipinski definition) is 4. The summed E-state index contributed by atoms with van der Waals surface area (Å²) in [6.07, 6.45) is -0.925. The molecule has 128 valence electrons. The highest BCUT2D eigenvalue weighted by molar-refractivity contribution is 6.20. The Hall–Kier alpha value is -2.99. The first kappa shape index (κ1) is 16.9. The number of amides is 4. The van der Waals surface area contributed by atoms with E-state index >= 15 is 0 Å². The molecule has 0 saturated carbocycles. The lowest BCUT2D eigenvalue weighted by atomic mass is 10.0. The zero-order valence-corrected chi connectivity index (χ0v) is 14.0. The number of imide groups is 3. The van der Waals surface area contributed by atoms with Gasteiger partial charge in [0.2, 0.25) is 0 Å². The van der Waals surface area contributed by atoms with Gasteiger partial charge >= 0.3 is 6.03 Å². The van der Waals surface area contributed by atoms with Crippen LogP contribution in [0.15, 0.2) is 60.7 Å². The monoisotopic (exact) mass is 338 g/mol. The van der Waals surface area contributed by atoms with E-state index in [0.717, 1.165) is 5.06 Å². The average Bonchev–Trinajstić information content (AvgIpc) is 2.63. The van der Waals surface area contributed by atoms with Crippen molar-refractivity contribution in [3.63, 3.8) is 0 Å². The van der Waals surface area contributed by atoms with Gasteiger partial charge in [0.15, 0.2) is 6.10 Å². The maximum atomic E-state index is 12.8. The molecule has 0 N–H and O–H groups in total. The Bertz CT molecular complexity index is 790. The van der Waals surface area contributed by atoms with E-state index in [0.29, 0.717) is 10.6 Å². The van der Waals surface area contributed by atoms with Crippen LogP contribution in [-0.4, -0.2) is 28.8 Å². The summed E-state index contributed by atoms with van der Waals surface area (Å²) in [5.74, 6) is -1.52. The normalized spacial score (nSPS) is 18.0. The van der Waals surface area contributed by atoms with Gasteiger partial charge in [-0.25, -0.2) is 4.79 Å². The first-order valence-electron chi connectivity index (χ1n) is 8.00. The highest BCUT2D eigenvalue weighted by atomic mass is 16.7. The Morgan fingerprint density at radius 3 is 2.08 bits per heavy atom. The summed E-state index contributed by atoms with van der Waals surface area (Å²) in [7, 11) is 0. The van der Waals surface area contributed by atoms with E-state index in [1.54, 1.807) is 74.5 Å². The average molecular weight is 338 g/mol. The molecule has 1 heterocycles. The van der Waals surface area contributed by atoms with Crippen molar-refractivity contribution in [2.75, 3.05) is 5.06 Å². The highest BCUT2D eigenvalue weighted by Crippen LogP contribution is 2.26. The van der Waals surface area contributed by atoms with Crippen LogP contribution >= 0.6 is 0 Å². The summed E-state index contributed by atoms with van der Waals surface area (Å²) in [5.41, 5.74) is 0.720. The molecular weight excluding hydrogens is 320 g/mol. The quantitative estimate of drug-likeness (QED) is 0.806. The molecule has 6 heteroatoms. The van der Waals surface area contributed by atoms with Crippen LogP contribution in [0, 0.1) is 5.92 Å². The van der Waals surface area contributed by atoms with E-state index in [4.69, 9.17) is 4.84 Å². The van der Waals surface area contributed by atoms with Gasteiger partial charge in [0.25, 0.3) is 11.8 Å². The minimum absolute atomic E-state index is 0.210. The summed E-state index contributed by atoms with van der Waals surface area (Å²) >= 11 is 0. The molecule has 25 heavy (non-hydrogen) atoms. The zero-order chi connectivity index (χ0) is 18.0. The van der Waals surface area contributed by atoms with Crippen molar-refractivity contribution in [2.45, 2.75) is 20.0 Å². The lowest BCUT2D eigenvalue weighted by Crippen LogP contribution is -2.61. The van der Waals surface area contributed by atoms with E-state index in [-0.39, 0.29) is 11.5 Å². The number of rotatable bonds is 3. The standard InChI is InChI=1S/C19H18N2O4/c1-13(2)16-18(23)20(17(22)14-9-5-3-6-10-14)19(24)21(25-16)15-11-7-4-8-12-15/h3-13,16H,1-2H3. The fraction of sp³-hybridized carbons (Fsp3) is 0.211. The van der Waals surface area contributed by atoms with Crippen LogP contribution in [0.3, 0.4) is 0 Å². The smallest absolute Gasteiger partial charge is 0.271 e. The van der Waals surface area contributed by atoms with Gasteiger partial charge in [-0.05, 0) is 30.2 Å². The van der Waals surface area contributed by atoms with Crippen molar-refractivity contribution in [3.8, 4) is 0 Å². The molecule has 0 bridgehead atoms. The van der Waals surface area contributed by atoms with Gasteiger partial charge in [-0.2, -0.15) is 9.96 Å². The summed E-state index contributed by atoms with van der Waals surface area (Å²) in [5, 5.41) is 1.01. The molecule has 3 rings (SSSR count). The van der Waals surface area contributed by atoms with Crippen LogP contribution in [0.2, 0.25) is 0 Å². The van der Waals surface area contributed by atoms with Gasteiger partial charge in [0, 0.05) is 5.56 Å². The summed E-state index contributed by atoms with van der Waals surface area (Å²) < 4.78 is 0. The third-order valence-electron chi connectivity index (χ3n) is 3.87. The van der Waals surface area contributed by atoms with Gasteiger partial charge in [-0.1, -0.05) is 50.2 Å². The van der Waals surface area contributed by atoms with Crippen LogP contribution in [-0.2, 0) is 9.63 Å². The lowest BCUT2D eigenvalue weighted by molar-refractivity contribution is -0.146. The van der Waals surface area contributed by atoms with E-state index in [1.165, 1.54) is 0 Å². The maximum Gasteiger partial charge on any atom is 0.362 e. The number of hydroxylamine groups is 1. The largest absolute Gasteiger partial charge is 0.362 e. The predicted molar refractivity (Wildman–Crippen MR) is 91.6 cm³/mol. The van der Waals surface area contributed by atoms with Crippen molar-refractivity contribution in [1.82, 2.24) is 4.90 Å².